The highest BCUT2D eigenvalue weighted by atomic mass is 32.2. The van der Waals surface area contributed by atoms with E-state index in [1.165, 1.54) is 10.6 Å². The van der Waals surface area contributed by atoms with Crippen molar-refractivity contribution in [2.24, 2.45) is 0 Å². The quantitative estimate of drug-likeness (QED) is 0.892. The summed E-state index contributed by atoms with van der Waals surface area (Å²) in [5.41, 5.74) is 1.38. The van der Waals surface area contributed by atoms with Gasteiger partial charge in [-0.15, -0.1) is 0 Å². The number of aliphatic hydroxyl groups is 1. The van der Waals surface area contributed by atoms with Crippen LogP contribution >= 0.6 is 0 Å². The summed E-state index contributed by atoms with van der Waals surface area (Å²) in [5, 5.41) is 9.84. The molecule has 104 valence electrons. The Balaban J connectivity index is 2.45. The lowest BCUT2D eigenvalue weighted by atomic mass is 10.1. The van der Waals surface area contributed by atoms with Gasteiger partial charge in [-0.3, -0.25) is 4.57 Å². The SMILES string of the molecule is CCn1c(=O)oc2cc(C(O)CS(C)(=O)=O)ccc21. The van der Waals surface area contributed by atoms with Crippen LogP contribution in [-0.4, -0.2) is 30.1 Å². The summed E-state index contributed by atoms with van der Waals surface area (Å²) >= 11 is 0. The first-order valence-electron chi connectivity index (χ1n) is 5.81. The Bertz CT molecular complexity index is 756. The molecule has 2 aromatic rings. The topological polar surface area (TPSA) is 89.5 Å². The Morgan fingerprint density at radius 1 is 1.42 bits per heavy atom. The van der Waals surface area contributed by atoms with Crippen LogP contribution in [0.15, 0.2) is 27.4 Å². The van der Waals surface area contributed by atoms with E-state index in [0.29, 0.717) is 23.2 Å². The van der Waals surface area contributed by atoms with Crippen molar-refractivity contribution in [3.8, 4) is 0 Å². The van der Waals surface area contributed by atoms with Gasteiger partial charge in [0.05, 0.1) is 17.4 Å². The summed E-state index contributed by atoms with van der Waals surface area (Å²) in [6.07, 6.45) is -0.0720. The van der Waals surface area contributed by atoms with Gasteiger partial charge in [0.15, 0.2) is 5.58 Å². The standard InChI is InChI=1S/C12H15NO5S/c1-3-13-9-5-4-8(6-11(9)18-12(13)15)10(14)7-19(2,16)17/h4-6,10,14H,3,7H2,1-2H3. The fourth-order valence-corrected chi connectivity index (χ4v) is 2.74. The summed E-state index contributed by atoms with van der Waals surface area (Å²) in [5.74, 6) is -0.829. The molecule has 0 amide bonds. The van der Waals surface area contributed by atoms with Crippen molar-refractivity contribution in [2.75, 3.05) is 12.0 Å². The molecular weight excluding hydrogens is 270 g/mol. The third-order valence-corrected chi connectivity index (χ3v) is 3.78. The van der Waals surface area contributed by atoms with Gasteiger partial charge >= 0.3 is 5.76 Å². The van der Waals surface area contributed by atoms with Crippen molar-refractivity contribution in [1.29, 1.82) is 0 Å². The first kappa shape index (κ1) is 13.8. The normalized spacial score (nSPS) is 13.8. The Morgan fingerprint density at radius 3 is 2.68 bits per heavy atom. The maximum absolute atomic E-state index is 11.5. The van der Waals surface area contributed by atoms with Gasteiger partial charge in [0.2, 0.25) is 0 Å². The molecule has 2 rings (SSSR count). The maximum atomic E-state index is 11.5. The fourth-order valence-electron chi connectivity index (χ4n) is 1.97. The molecule has 1 N–H and O–H groups in total. The molecule has 0 aliphatic heterocycles. The van der Waals surface area contributed by atoms with Crippen molar-refractivity contribution in [3.05, 3.63) is 34.3 Å². The molecular formula is C12H15NO5S. The van der Waals surface area contributed by atoms with Crippen molar-refractivity contribution < 1.29 is 17.9 Å². The molecule has 0 aliphatic rings. The van der Waals surface area contributed by atoms with E-state index in [1.54, 1.807) is 12.1 Å². The fraction of sp³-hybridized carbons (Fsp3) is 0.417. The van der Waals surface area contributed by atoms with Crippen molar-refractivity contribution in [1.82, 2.24) is 4.57 Å². The third kappa shape index (κ3) is 2.87. The smallest absolute Gasteiger partial charge is 0.408 e. The summed E-state index contributed by atoms with van der Waals surface area (Å²) < 4.78 is 28.8. The van der Waals surface area contributed by atoms with Crippen LogP contribution in [-0.2, 0) is 16.4 Å². The van der Waals surface area contributed by atoms with Crippen molar-refractivity contribution in [3.63, 3.8) is 0 Å². The molecule has 1 atom stereocenters. The molecule has 1 heterocycles. The van der Waals surface area contributed by atoms with Crippen LogP contribution < -0.4 is 5.76 Å². The second-order valence-electron chi connectivity index (χ2n) is 4.45. The van der Waals surface area contributed by atoms with E-state index in [9.17, 15) is 18.3 Å². The predicted molar refractivity (Wildman–Crippen MR) is 70.8 cm³/mol. The number of oxazole rings is 1. The van der Waals surface area contributed by atoms with E-state index in [0.717, 1.165) is 6.26 Å². The third-order valence-electron chi connectivity index (χ3n) is 2.85. The Labute approximate surface area is 110 Å². The van der Waals surface area contributed by atoms with Crippen LogP contribution in [0.2, 0.25) is 0 Å². The first-order valence-corrected chi connectivity index (χ1v) is 7.87. The molecule has 0 saturated carbocycles. The van der Waals surface area contributed by atoms with Gasteiger partial charge in [0, 0.05) is 12.8 Å². The minimum Gasteiger partial charge on any atom is -0.408 e. The number of aliphatic hydroxyl groups excluding tert-OH is 1. The molecule has 0 radical (unpaired) electrons. The summed E-state index contributed by atoms with van der Waals surface area (Å²) in [6.45, 7) is 2.31. The summed E-state index contributed by atoms with van der Waals surface area (Å²) in [6, 6.07) is 4.74. The van der Waals surface area contributed by atoms with E-state index < -0.39 is 21.7 Å². The molecule has 0 fully saturated rings. The Morgan fingerprint density at radius 2 is 2.11 bits per heavy atom. The number of sulfone groups is 1. The van der Waals surface area contributed by atoms with E-state index in [2.05, 4.69) is 0 Å². The largest absolute Gasteiger partial charge is 0.419 e. The van der Waals surface area contributed by atoms with E-state index in [1.807, 2.05) is 6.92 Å². The number of benzene rings is 1. The molecule has 0 bridgehead atoms. The van der Waals surface area contributed by atoms with Crippen LogP contribution in [0.3, 0.4) is 0 Å². The zero-order chi connectivity index (χ0) is 14.2. The van der Waals surface area contributed by atoms with Crippen molar-refractivity contribution >= 4 is 20.9 Å². The lowest BCUT2D eigenvalue weighted by Gasteiger charge is -2.09. The zero-order valence-corrected chi connectivity index (χ0v) is 11.5. The van der Waals surface area contributed by atoms with Crippen LogP contribution in [0.1, 0.15) is 18.6 Å². The molecule has 19 heavy (non-hydrogen) atoms. The number of aryl methyl sites for hydroxylation is 1. The molecule has 1 aromatic carbocycles. The number of hydrogen-bond acceptors (Lipinski definition) is 5. The van der Waals surface area contributed by atoms with Gasteiger partial charge in [-0.2, -0.15) is 0 Å². The van der Waals surface area contributed by atoms with E-state index >= 15 is 0 Å². The maximum Gasteiger partial charge on any atom is 0.419 e. The van der Waals surface area contributed by atoms with Gasteiger partial charge < -0.3 is 9.52 Å². The number of rotatable bonds is 4. The van der Waals surface area contributed by atoms with Crippen LogP contribution in [0.25, 0.3) is 11.1 Å². The highest BCUT2D eigenvalue weighted by Crippen LogP contribution is 2.21. The van der Waals surface area contributed by atoms with Crippen LogP contribution in [0.4, 0.5) is 0 Å². The first-order chi connectivity index (χ1) is 8.81. The number of fused-ring (bicyclic) bond motifs is 1. The molecule has 0 aliphatic carbocycles. The molecule has 1 aromatic heterocycles. The van der Waals surface area contributed by atoms with Crippen LogP contribution in [0, 0.1) is 0 Å². The minimum absolute atomic E-state index is 0.344. The minimum atomic E-state index is -3.28. The Kier molecular flexibility index (Phi) is 3.51. The predicted octanol–water partition coefficient (Wildman–Crippen LogP) is 0.692. The highest BCUT2D eigenvalue weighted by molar-refractivity contribution is 7.90. The zero-order valence-electron chi connectivity index (χ0n) is 10.7. The van der Waals surface area contributed by atoms with Crippen LogP contribution in [0.5, 0.6) is 0 Å². The summed E-state index contributed by atoms with van der Waals surface area (Å²) in [4.78, 5) is 11.5. The van der Waals surface area contributed by atoms with Crippen molar-refractivity contribution in [2.45, 2.75) is 19.6 Å². The average molecular weight is 285 g/mol. The highest BCUT2D eigenvalue weighted by Gasteiger charge is 2.16. The van der Waals surface area contributed by atoms with Gasteiger partial charge in [-0.25, -0.2) is 13.2 Å². The average Bonchev–Trinajstić information content (AvgIpc) is 2.60. The number of hydrogen-bond donors (Lipinski definition) is 1. The second-order valence-corrected chi connectivity index (χ2v) is 6.63. The molecule has 1 unspecified atom stereocenters. The molecule has 7 heteroatoms. The van der Waals surface area contributed by atoms with Gasteiger partial charge in [0.1, 0.15) is 9.84 Å². The van der Waals surface area contributed by atoms with Gasteiger partial charge in [-0.05, 0) is 24.6 Å². The lowest BCUT2D eigenvalue weighted by molar-refractivity contribution is 0.202. The monoisotopic (exact) mass is 285 g/mol. The number of aromatic nitrogens is 1. The van der Waals surface area contributed by atoms with Gasteiger partial charge in [-0.1, -0.05) is 6.07 Å². The van der Waals surface area contributed by atoms with Gasteiger partial charge in [0.25, 0.3) is 0 Å². The van der Waals surface area contributed by atoms with E-state index in [4.69, 9.17) is 4.42 Å². The summed E-state index contributed by atoms with van der Waals surface area (Å²) in [7, 11) is -3.28. The lowest BCUT2D eigenvalue weighted by Crippen LogP contribution is -2.13. The molecule has 6 nitrogen and oxygen atoms in total. The second kappa shape index (κ2) is 4.82. The number of nitrogens with zero attached hydrogens (tertiary/aromatic N) is 1. The Hall–Kier alpha value is -1.60. The molecule has 0 saturated heterocycles. The van der Waals surface area contributed by atoms with E-state index in [-0.39, 0.29) is 5.75 Å². The molecule has 0 spiro atoms.